The second-order valence-corrected chi connectivity index (χ2v) is 9.57. The summed E-state index contributed by atoms with van der Waals surface area (Å²) in [5.74, 6) is 0.732. The van der Waals surface area contributed by atoms with Crippen LogP contribution >= 0.6 is 11.6 Å². The first-order valence-corrected chi connectivity index (χ1v) is 11.5. The van der Waals surface area contributed by atoms with Crippen LogP contribution in [0.15, 0.2) is 18.2 Å². The summed E-state index contributed by atoms with van der Waals surface area (Å²) in [7, 11) is -1.89. The molecule has 0 unspecified atom stereocenters. The van der Waals surface area contributed by atoms with E-state index in [9.17, 15) is 8.42 Å². The Kier molecular flexibility index (Phi) is 7.03. The fourth-order valence-corrected chi connectivity index (χ4v) is 5.55. The number of nitrogens with zero attached hydrogens (tertiary/aromatic N) is 1. The van der Waals surface area contributed by atoms with Gasteiger partial charge in [0.15, 0.2) is 0 Å². The molecule has 3 rings (SSSR count). The lowest BCUT2D eigenvalue weighted by atomic mass is 9.74. The quantitative estimate of drug-likeness (QED) is 0.773. The number of methoxy groups -OCH3 is 1. The Hall–Kier alpha value is -0.860. The molecule has 2 heterocycles. The van der Waals surface area contributed by atoms with Gasteiger partial charge in [0.2, 0.25) is 0 Å². The van der Waals surface area contributed by atoms with Gasteiger partial charge in [-0.25, -0.2) is 4.72 Å². The Morgan fingerprint density at radius 1 is 1.19 bits per heavy atom. The van der Waals surface area contributed by atoms with Gasteiger partial charge in [-0.15, -0.1) is 0 Å². The Bertz CT molecular complexity index is 727. The van der Waals surface area contributed by atoms with Crippen molar-refractivity contribution in [2.45, 2.75) is 43.9 Å². The zero-order valence-electron chi connectivity index (χ0n) is 15.9. The lowest BCUT2D eigenvalue weighted by Crippen LogP contribution is -2.49. The van der Waals surface area contributed by atoms with Gasteiger partial charge in [0.05, 0.1) is 7.11 Å². The van der Waals surface area contributed by atoms with Crippen molar-refractivity contribution in [1.82, 2.24) is 9.03 Å². The van der Waals surface area contributed by atoms with Crippen LogP contribution in [0.5, 0.6) is 5.75 Å². The molecule has 8 heteroatoms. The smallest absolute Gasteiger partial charge is 0.279 e. The van der Waals surface area contributed by atoms with Gasteiger partial charge < -0.3 is 9.47 Å². The van der Waals surface area contributed by atoms with E-state index in [-0.39, 0.29) is 0 Å². The third-order valence-corrected chi connectivity index (χ3v) is 7.47. The number of hydrogen-bond acceptors (Lipinski definition) is 4. The zero-order valence-corrected chi connectivity index (χ0v) is 17.4. The fraction of sp³-hybridized carbons (Fsp3) is 0.684. The van der Waals surface area contributed by atoms with Crippen LogP contribution < -0.4 is 9.46 Å². The first-order chi connectivity index (χ1) is 13.0. The Morgan fingerprint density at radius 2 is 1.85 bits per heavy atom. The van der Waals surface area contributed by atoms with Gasteiger partial charge in [-0.1, -0.05) is 24.4 Å². The molecule has 0 atom stereocenters. The van der Waals surface area contributed by atoms with Gasteiger partial charge in [-0.05, 0) is 43.9 Å². The van der Waals surface area contributed by atoms with E-state index in [1.54, 1.807) is 17.5 Å². The maximum absolute atomic E-state index is 12.9. The van der Waals surface area contributed by atoms with Crippen LogP contribution in [0, 0.1) is 0 Å². The van der Waals surface area contributed by atoms with Crippen molar-refractivity contribution in [2.24, 2.45) is 0 Å². The molecule has 1 aromatic carbocycles. The zero-order chi connectivity index (χ0) is 19.3. The third kappa shape index (κ3) is 4.95. The van der Waals surface area contributed by atoms with Gasteiger partial charge in [0.1, 0.15) is 5.75 Å². The molecule has 0 radical (unpaired) electrons. The first-order valence-electron chi connectivity index (χ1n) is 9.63. The molecule has 0 aromatic heterocycles. The number of ether oxygens (including phenoxy) is 2. The summed E-state index contributed by atoms with van der Waals surface area (Å²) in [6.45, 7) is 2.66. The molecule has 0 saturated carbocycles. The van der Waals surface area contributed by atoms with E-state index in [1.165, 1.54) is 0 Å². The molecule has 0 bridgehead atoms. The van der Waals surface area contributed by atoms with Crippen LogP contribution in [0.1, 0.15) is 44.1 Å². The van der Waals surface area contributed by atoms with E-state index < -0.39 is 15.6 Å². The molecule has 6 nitrogen and oxygen atoms in total. The molecule has 2 fully saturated rings. The second-order valence-electron chi connectivity index (χ2n) is 7.38. The highest BCUT2D eigenvalue weighted by molar-refractivity contribution is 7.87. The summed E-state index contributed by atoms with van der Waals surface area (Å²) in [4.78, 5) is 0. The van der Waals surface area contributed by atoms with Crippen molar-refractivity contribution in [2.75, 3.05) is 40.0 Å². The van der Waals surface area contributed by atoms with E-state index in [4.69, 9.17) is 21.1 Å². The molecule has 27 heavy (non-hydrogen) atoms. The average molecular weight is 417 g/mol. The van der Waals surface area contributed by atoms with E-state index in [0.29, 0.717) is 50.7 Å². The minimum atomic E-state index is -3.51. The summed E-state index contributed by atoms with van der Waals surface area (Å²) < 4.78 is 41.4. The lowest BCUT2D eigenvalue weighted by Gasteiger charge is -2.39. The Balaban J connectivity index is 1.84. The van der Waals surface area contributed by atoms with Crippen molar-refractivity contribution < 1.29 is 17.9 Å². The van der Waals surface area contributed by atoms with Crippen LogP contribution in [0.4, 0.5) is 0 Å². The number of benzene rings is 1. The maximum atomic E-state index is 12.9. The van der Waals surface area contributed by atoms with Crippen molar-refractivity contribution in [3.63, 3.8) is 0 Å². The molecular weight excluding hydrogens is 388 g/mol. The topological polar surface area (TPSA) is 67.9 Å². The van der Waals surface area contributed by atoms with E-state index in [2.05, 4.69) is 4.72 Å². The van der Waals surface area contributed by atoms with E-state index in [0.717, 1.165) is 37.0 Å². The van der Waals surface area contributed by atoms with E-state index in [1.807, 2.05) is 12.1 Å². The lowest BCUT2D eigenvalue weighted by molar-refractivity contribution is 0.0507. The number of nitrogens with one attached hydrogen (secondary N) is 1. The third-order valence-electron chi connectivity index (χ3n) is 5.68. The minimum absolute atomic E-state index is 0.311. The van der Waals surface area contributed by atoms with Crippen LogP contribution in [0.25, 0.3) is 0 Å². The Labute approximate surface area is 167 Å². The van der Waals surface area contributed by atoms with Crippen molar-refractivity contribution >= 4 is 21.8 Å². The predicted octanol–water partition coefficient (Wildman–Crippen LogP) is 3.11. The van der Waals surface area contributed by atoms with Gasteiger partial charge in [-0.2, -0.15) is 12.7 Å². The number of rotatable bonds is 6. The molecular formula is C19H29ClN2O4S. The van der Waals surface area contributed by atoms with Crippen LogP contribution in [0.3, 0.4) is 0 Å². The standard InChI is InChI=1S/C19H29ClN2O4S/c1-25-18-7-6-16(20)14-17(18)19(8-12-26-13-9-19)15-21-27(23,24)22-10-4-2-3-5-11-22/h6-7,14,21H,2-5,8-13,15H2,1H3. The summed E-state index contributed by atoms with van der Waals surface area (Å²) in [5.41, 5.74) is 0.548. The van der Waals surface area contributed by atoms with Crippen LogP contribution in [-0.2, 0) is 20.4 Å². The molecule has 152 valence electrons. The van der Waals surface area contributed by atoms with Crippen LogP contribution in [0.2, 0.25) is 5.02 Å². The summed E-state index contributed by atoms with van der Waals surface area (Å²) >= 11 is 6.25. The monoisotopic (exact) mass is 416 g/mol. The van der Waals surface area contributed by atoms with Gasteiger partial charge in [0, 0.05) is 48.8 Å². The summed E-state index contributed by atoms with van der Waals surface area (Å²) in [6.07, 6.45) is 5.45. The number of hydrogen-bond donors (Lipinski definition) is 1. The predicted molar refractivity (Wildman–Crippen MR) is 107 cm³/mol. The fourth-order valence-electron chi connectivity index (χ4n) is 4.00. The van der Waals surface area contributed by atoms with Crippen molar-refractivity contribution in [3.05, 3.63) is 28.8 Å². The maximum Gasteiger partial charge on any atom is 0.279 e. The Morgan fingerprint density at radius 3 is 2.48 bits per heavy atom. The van der Waals surface area contributed by atoms with Crippen LogP contribution in [-0.4, -0.2) is 52.7 Å². The molecule has 0 amide bonds. The SMILES string of the molecule is COc1ccc(Cl)cc1C1(CNS(=O)(=O)N2CCCCCC2)CCOCC1. The largest absolute Gasteiger partial charge is 0.496 e. The minimum Gasteiger partial charge on any atom is -0.496 e. The van der Waals surface area contributed by atoms with Crippen molar-refractivity contribution in [1.29, 1.82) is 0 Å². The normalized spacial score (nSPS) is 21.6. The van der Waals surface area contributed by atoms with E-state index >= 15 is 0 Å². The van der Waals surface area contributed by atoms with Crippen molar-refractivity contribution in [3.8, 4) is 5.75 Å². The number of halogens is 1. The summed E-state index contributed by atoms with van der Waals surface area (Å²) in [6, 6.07) is 5.53. The van der Waals surface area contributed by atoms with Gasteiger partial charge >= 0.3 is 0 Å². The average Bonchev–Trinajstić information content (AvgIpc) is 2.97. The molecule has 2 aliphatic heterocycles. The molecule has 2 saturated heterocycles. The van der Waals surface area contributed by atoms with Gasteiger partial charge in [0.25, 0.3) is 10.2 Å². The second kappa shape index (κ2) is 9.09. The molecule has 2 aliphatic rings. The molecule has 0 aliphatic carbocycles. The highest BCUT2D eigenvalue weighted by Crippen LogP contribution is 2.41. The molecule has 1 aromatic rings. The first kappa shape index (κ1) is 20.9. The highest BCUT2D eigenvalue weighted by Gasteiger charge is 2.38. The summed E-state index contributed by atoms with van der Waals surface area (Å²) in [5, 5.41) is 0.618. The molecule has 1 N–H and O–H groups in total. The highest BCUT2D eigenvalue weighted by atomic mass is 35.5. The van der Waals surface area contributed by atoms with Gasteiger partial charge in [-0.3, -0.25) is 0 Å². The molecule has 0 spiro atoms.